The summed E-state index contributed by atoms with van der Waals surface area (Å²) in [6.07, 6.45) is 1.28. The second kappa shape index (κ2) is 7.76. The summed E-state index contributed by atoms with van der Waals surface area (Å²) in [7, 11) is 0. The van der Waals surface area contributed by atoms with Crippen LogP contribution in [-0.4, -0.2) is 29.9 Å². The Hall–Kier alpha value is -2.37. The average molecular weight is 318 g/mol. The molecule has 1 aromatic rings. The van der Waals surface area contributed by atoms with E-state index in [0.717, 1.165) is 12.0 Å². The second-order valence-corrected chi connectivity index (χ2v) is 5.93. The second-order valence-electron chi connectivity index (χ2n) is 5.93. The van der Waals surface area contributed by atoms with E-state index in [2.05, 4.69) is 10.6 Å². The number of ketones is 1. The number of hydrogen-bond acceptors (Lipinski definition) is 4. The Balaban J connectivity index is 1.85. The summed E-state index contributed by atoms with van der Waals surface area (Å²) >= 11 is 0. The lowest BCUT2D eigenvalue weighted by molar-refractivity contribution is -0.124. The number of urea groups is 1. The monoisotopic (exact) mass is 318 g/mol. The van der Waals surface area contributed by atoms with Crippen LogP contribution in [-0.2, 0) is 16.1 Å². The van der Waals surface area contributed by atoms with Crippen LogP contribution in [0.4, 0.5) is 4.79 Å². The van der Waals surface area contributed by atoms with Crippen molar-refractivity contribution >= 4 is 17.8 Å². The predicted octanol–water partition coefficient (Wildman–Crippen LogP) is 2.17. The molecule has 23 heavy (non-hydrogen) atoms. The van der Waals surface area contributed by atoms with E-state index in [1.54, 1.807) is 24.3 Å². The van der Waals surface area contributed by atoms with Crippen molar-refractivity contribution in [3.63, 3.8) is 0 Å². The van der Waals surface area contributed by atoms with Gasteiger partial charge in [-0.2, -0.15) is 0 Å². The molecule has 2 N–H and O–H groups in total. The van der Waals surface area contributed by atoms with Crippen LogP contribution in [0.5, 0.6) is 0 Å². The van der Waals surface area contributed by atoms with Crippen molar-refractivity contribution in [3.05, 3.63) is 35.4 Å². The Morgan fingerprint density at radius 2 is 1.96 bits per heavy atom. The van der Waals surface area contributed by atoms with Crippen LogP contribution in [0.2, 0.25) is 0 Å². The van der Waals surface area contributed by atoms with Gasteiger partial charge in [0.25, 0.3) is 0 Å². The van der Waals surface area contributed by atoms with Crippen molar-refractivity contribution in [3.8, 4) is 0 Å². The summed E-state index contributed by atoms with van der Waals surface area (Å²) in [5.41, 5.74) is 1.28. The highest BCUT2D eigenvalue weighted by molar-refractivity contribution is 5.93. The van der Waals surface area contributed by atoms with Gasteiger partial charge in [-0.25, -0.2) is 9.59 Å². The highest BCUT2D eigenvalue weighted by atomic mass is 16.5. The number of amides is 2. The van der Waals surface area contributed by atoms with Gasteiger partial charge < -0.3 is 15.4 Å². The molecule has 0 heterocycles. The lowest BCUT2D eigenvalue weighted by atomic mass is 10.1. The lowest BCUT2D eigenvalue weighted by Gasteiger charge is -2.11. The summed E-state index contributed by atoms with van der Waals surface area (Å²) in [6.45, 7) is 4.14. The summed E-state index contributed by atoms with van der Waals surface area (Å²) in [5.74, 6) is -0.488. The quantitative estimate of drug-likeness (QED) is 0.815. The van der Waals surface area contributed by atoms with Crippen molar-refractivity contribution in [2.45, 2.75) is 51.8 Å². The maximum absolute atomic E-state index is 12.0. The van der Waals surface area contributed by atoms with Crippen molar-refractivity contribution < 1.29 is 19.1 Å². The van der Waals surface area contributed by atoms with Gasteiger partial charge in [0.2, 0.25) is 0 Å². The number of benzene rings is 1. The largest absolute Gasteiger partial charge is 0.451 e. The van der Waals surface area contributed by atoms with Crippen molar-refractivity contribution in [2.75, 3.05) is 0 Å². The van der Waals surface area contributed by atoms with Gasteiger partial charge in [-0.1, -0.05) is 12.1 Å². The number of rotatable bonds is 5. The molecule has 0 radical (unpaired) electrons. The molecule has 1 aliphatic rings. The highest BCUT2D eigenvalue weighted by Gasteiger charge is 2.28. The fourth-order valence-electron chi connectivity index (χ4n) is 2.36. The Labute approximate surface area is 135 Å². The van der Waals surface area contributed by atoms with Crippen LogP contribution in [0.1, 0.15) is 49.0 Å². The summed E-state index contributed by atoms with van der Waals surface area (Å²) in [4.78, 5) is 35.0. The Bertz CT molecular complexity index is 581. The van der Waals surface area contributed by atoms with Gasteiger partial charge in [-0.15, -0.1) is 0 Å². The molecule has 6 nitrogen and oxygen atoms in total. The first kappa shape index (κ1) is 17.0. The van der Waals surface area contributed by atoms with Gasteiger partial charge in [-0.3, -0.25) is 4.79 Å². The van der Waals surface area contributed by atoms with Gasteiger partial charge in [0, 0.05) is 19.0 Å². The molecule has 0 unspecified atom stereocenters. The van der Waals surface area contributed by atoms with Crippen LogP contribution in [0.25, 0.3) is 0 Å². The topological polar surface area (TPSA) is 84.5 Å². The third-order valence-electron chi connectivity index (χ3n) is 3.56. The molecular weight excluding hydrogens is 296 g/mol. The maximum Gasteiger partial charge on any atom is 0.338 e. The van der Waals surface area contributed by atoms with E-state index >= 15 is 0 Å². The molecule has 1 saturated carbocycles. The Morgan fingerprint density at radius 1 is 1.26 bits per heavy atom. The molecule has 0 bridgehead atoms. The fraction of sp³-hybridized carbons (Fsp3) is 0.471. The zero-order valence-corrected chi connectivity index (χ0v) is 13.4. The highest BCUT2D eigenvalue weighted by Crippen LogP contribution is 2.19. The summed E-state index contributed by atoms with van der Waals surface area (Å²) < 4.78 is 5.22. The molecule has 6 heteroatoms. The van der Waals surface area contributed by atoms with Gasteiger partial charge in [0.05, 0.1) is 5.56 Å². The first-order valence-electron chi connectivity index (χ1n) is 7.82. The molecular formula is C17H22N2O4. The smallest absolute Gasteiger partial charge is 0.338 e. The molecule has 124 valence electrons. The normalized spacial score (nSPS) is 17.2. The van der Waals surface area contributed by atoms with Gasteiger partial charge in [-0.05, 0) is 44.4 Å². The SMILES string of the molecule is CC(C)NC(=O)NCc1ccc(C(=O)O[C@H]2CCCC2=O)cc1. The molecule has 0 spiro atoms. The van der Waals surface area contributed by atoms with E-state index in [9.17, 15) is 14.4 Å². The van der Waals surface area contributed by atoms with Gasteiger partial charge >= 0.3 is 12.0 Å². The average Bonchev–Trinajstić information content (AvgIpc) is 2.90. The van der Waals surface area contributed by atoms with Crippen LogP contribution in [0, 0.1) is 0 Å². The van der Waals surface area contributed by atoms with Crippen LogP contribution < -0.4 is 10.6 Å². The number of esters is 1. The van der Waals surface area contributed by atoms with E-state index in [1.165, 1.54) is 0 Å². The van der Waals surface area contributed by atoms with Crippen molar-refractivity contribution in [2.24, 2.45) is 0 Å². The van der Waals surface area contributed by atoms with Gasteiger partial charge in [0.15, 0.2) is 11.9 Å². The number of carbonyl (C=O) groups excluding carboxylic acids is 3. The molecule has 0 aliphatic heterocycles. The Morgan fingerprint density at radius 3 is 2.52 bits per heavy atom. The van der Waals surface area contributed by atoms with E-state index < -0.39 is 12.1 Å². The predicted molar refractivity (Wildman–Crippen MR) is 85.0 cm³/mol. The minimum Gasteiger partial charge on any atom is -0.451 e. The van der Waals surface area contributed by atoms with Crippen LogP contribution in [0.3, 0.4) is 0 Å². The first-order chi connectivity index (χ1) is 11.0. The zero-order valence-electron chi connectivity index (χ0n) is 13.4. The number of hydrogen-bond donors (Lipinski definition) is 2. The first-order valence-corrected chi connectivity index (χ1v) is 7.82. The van der Waals surface area contributed by atoms with Gasteiger partial charge in [0.1, 0.15) is 0 Å². The lowest BCUT2D eigenvalue weighted by Crippen LogP contribution is -2.39. The van der Waals surface area contributed by atoms with E-state index in [1.807, 2.05) is 13.8 Å². The molecule has 0 saturated heterocycles. The third kappa shape index (κ3) is 5.09. The zero-order chi connectivity index (χ0) is 16.8. The van der Waals surface area contributed by atoms with E-state index in [0.29, 0.717) is 24.9 Å². The van der Waals surface area contributed by atoms with Crippen LogP contribution >= 0.6 is 0 Å². The number of ether oxygens (including phenoxy) is 1. The Kier molecular flexibility index (Phi) is 5.73. The van der Waals surface area contributed by atoms with Crippen molar-refractivity contribution in [1.29, 1.82) is 0 Å². The van der Waals surface area contributed by atoms with E-state index in [4.69, 9.17) is 4.74 Å². The standard InChI is InChI=1S/C17H22N2O4/c1-11(2)19-17(22)18-10-12-6-8-13(9-7-12)16(21)23-15-5-3-4-14(15)20/h6-9,11,15H,3-5,10H2,1-2H3,(H2,18,19,22)/t15-/m0/s1. The fourth-order valence-corrected chi connectivity index (χ4v) is 2.36. The molecule has 1 aromatic carbocycles. The third-order valence-corrected chi connectivity index (χ3v) is 3.56. The molecule has 1 fully saturated rings. The summed E-state index contributed by atoms with van der Waals surface area (Å²) in [5, 5.41) is 5.46. The van der Waals surface area contributed by atoms with Crippen LogP contribution in [0.15, 0.2) is 24.3 Å². The summed E-state index contributed by atoms with van der Waals surface area (Å²) in [6, 6.07) is 6.62. The minimum absolute atomic E-state index is 0.00432. The minimum atomic E-state index is -0.594. The molecule has 1 aliphatic carbocycles. The van der Waals surface area contributed by atoms with E-state index in [-0.39, 0.29) is 17.9 Å². The number of nitrogens with one attached hydrogen (secondary N) is 2. The molecule has 2 rings (SSSR count). The molecule has 2 amide bonds. The maximum atomic E-state index is 12.0. The van der Waals surface area contributed by atoms with Crippen molar-refractivity contribution in [1.82, 2.24) is 10.6 Å². The molecule has 0 aromatic heterocycles. The number of Topliss-reactive ketones (excluding diaryl/α,β-unsaturated/α-hetero) is 1. The number of carbonyl (C=O) groups is 3. The molecule has 1 atom stereocenters.